The summed E-state index contributed by atoms with van der Waals surface area (Å²) >= 11 is 0. The van der Waals surface area contributed by atoms with Gasteiger partial charge in [-0.2, -0.15) is 0 Å². The van der Waals surface area contributed by atoms with Crippen molar-refractivity contribution in [3.63, 3.8) is 0 Å². The van der Waals surface area contributed by atoms with Crippen LogP contribution in [0.5, 0.6) is 0 Å². The Hall–Kier alpha value is -2.02. The maximum absolute atomic E-state index is 12.1. The van der Waals surface area contributed by atoms with Gasteiger partial charge in [0, 0.05) is 38.4 Å². The molecule has 0 unspecified atom stereocenters. The van der Waals surface area contributed by atoms with Crippen molar-refractivity contribution in [2.75, 3.05) is 25.9 Å². The summed E-state index contributed by atoms with van der Waals surface area (Å²) in [4.78, 5) is 4.15. The van der Waals surface area contributed by atoms with Gasteiger partial charge in [0.05, 0.1) is 10.5 Å². The number of benzene rings is 1. The number of sulfone groups is 1. The molecule has 0 radical (unpaired) electrons. The van der Waals surface area contributed by atoms with Gasteiger partial charge in [-0.25, -0.2) is 8.42 Å². The van der Waals surface area contributed by atoms with Crippen LogP contribution < -0.4 is 10.6 Å². The molecule has 0 bridgehead atoms. The molecule has 0 aliphatic carbocycles. The van der Waals surface area contributed by atoms with Crippen LogP contribution in [0.1, 0.15) is 27.2 Å². The summed E-state index contributed by atoms with van der Waals surface area (Å²) in [7, 11) is -1.44. The molecule has 6 nitrogen and oxygen atoms in total. The van der Waals surface area contributed by atoms with Crippen LogP contribution in [0.3, 0.4) is 0 Å². The molecular formula is C19H30N4O2S. The fourth-order valence-corrected chi connectivity index (χ4v) is 3.61. The smallest absolute Gasteiger partial charge is 0.191 e. The van der Waals surface area contributed by atoms with Crippen LogP contribution in [0.4, 0.5) is 0 Å². The SMILES string of the molecule is CN=C(NCCCn1ccc2ccccc21)NCCS(=O)(=O)C(C)(C)C. The van der Waals surface area contributed by atoms with Gasteiger partial charge < -0.3 is 15.2 Å². The van der Waals surface area contributed by atoms with Crippen LogP contribution >= 0.6 is 0 Å². The Morgan fingerprint density at radius 3 is 2.50 bits per heavy atom. The Balaban J connectivity index is 1.74. The van der Waals surface area contributed by atoms with Crippen LogP contribution in [-0.2, 0) is 16.4 Å². The molecule has 2 aromatic rings. The van der Waals surface area contributed by atoms with E-state index >= 15 is 0 Å². The minimum absolute atomic E-state index is 0.0898. The molecule has 26 heavy (non-hydrogen) atoms. The summed E-state index contributed by atoms with van der Waals surface area (Å²) in [5.41, 5.74) is 1.24. The van der Waals surface area contributed by atoms with Crippen LogP contribution in [0.15, 0.2) is 41.5 Å². The second kappa shape index (κ2) is 8.58. The van der Waals surface area contributed by atoms with Gasteiger partial charge in [-0.15, -0.1) is 0 Å². The van der Waals surface area contributed by atoms with E-state index in [2.05, 4.69) is 50.7 Å². The number of fused-ring (bicyclic) bond motifs is 1. The first-order valence-electron chi connectivity index (χ1n) is 8.95. The number of hydrogen-bond donors (Lipinski definition) is 2. The molecule has 0 atom stereocenters. The van der Waals surface area contributed by atoms with E-state index < -0.39 is 14.6 Å². The molecule has 1 aromatic carbocycles. The second-order valence-electron chi connectivity index (χ2n) is 7.28. The Bertz CT molecular complexity index is 848. The average molecular weight is 379 g/mol. The number of aromatic nitrogens is 1. The highest BCUT2D eigenvalue weighted by Crippen LogP contribution is 2.16. The second-order valence-corrected chi connectivity index (χ2v) is 10.1. The lowest BCUT2D eigenvalue weighted by Gasteiger charge is -2.19. The van der Waals surface area contributed by atoms with E-state index in [1.807, 2.05) is 6.07 Å². The number of rotatable bonds is 7. The number of aryl methyl sites for hydroxylation is 1. The van der Waals surface area contributed by atoms with Gasteiger partial charge in [-0.05, 0) is 44.7 Å². The summed E-state index contributed by atoms with van der Waals surface area (Å²) in [5.74, 6) is 0.721. The average Bonchev–Trinajstić information content (AvgIpc) is 2.99. The zero-order valence-electron chi connectivity index (χ0n) is 16.1. The number of aliphatic imine (C=N–C) groups is 1. The molecule has 0 spiro atoms. The van der Waals surface area contributed by atoms with E-state index in [9.17, 15) is 8.42 Å². The highest BCUT2D eigenvalue weighted by atomic mass is 32.2. The summed E-state index contributed by atoms with van der Waals surface area (Å²) in [6.07, 6.45) is 3.05. The van der Waals surface area contributed by atoms with Crippen molar-refractivity contribution in [3.8, 4) is 0 Å². The first-order chi connectivity index (χ1) is 12.2. The highest BCUT2D eigenvalue weighted by Gasteiger charge is 2.28. The molecule has 2 N–H and O–H groups in total. The van der Waals surface area contributed by atoms with Crippen molar-refractivity contribution in [3.05, 3.63) is 36.5 Å². The predicted molar refractivity (Wildman–Crippen MR) is 109 cm³/mol. The molecule has 0 saturated carbocycles. The normalized spacial score (nSPS) is 13.2. The summed E-state index contributed by atoms with van der Waals surface area (Å²) in [5, 5.41) is 7.56. The van der Waals surface area contributed by atoms with Crippen molar-refractivity contribution < 1.29 is 8.42 Å². The summed E-state index contributed by atoms with van der Waals surface area (Å²) in [6.45, 7) is 7.19. The van der Waals surface area contributed by atoms with Crippen LogP contribution in [0, 0.1) is 0 Å². The van der Waals surface area contributed by atoms with E-state index in [0.717, 1.165) is 19.5 Å². The zero-order chi connectivity index (χ0) is 19.2. The van der Waals surface area contributed by atoms with E-state index in [1.165, 1.54) is 10.9 Å². The first kappa shape index (κ1) is 20.3. The minimum atomic E-state index is -3.13. The van der Waals surface area contributed by atoms with Gasteiger partial charge >= 0.3 is 0 Å². The summed E-state index contributed by atoms with van der Waals surface area (Å²) in [6, 6.07) is 10.5. The fourth-order valence-electron chi connectivity index (χ4n) is 2.62. The van der Waals surface area contributed by atoms with Gasteiger partial charge in [0.25, 0.3) is 0 Å². The Morgan fingerprint density at radius 2 is 1.81 bits per heavy atom. The molecule has 7 heteroatoms. The van der Waals surface area contributed by atoms with Crippen molar-refractivity contribution in [1.82, 2.24) is 15.2 Å². The predicted octanol–water partition coefficient (Wildman–Crippen LogP) is 2.41. The van der Waals surface area contributed by atoms with E-state index in [4.69, 9.17) is 0 Å². The third-order valence-corrected chi connectivity index (χ3v) is 6.98. The maximum Gasteiger partial charge on any atom is 0.191 e. The van der Waals surface area contributed by atoms with Crippen LogP contribution in [0.2, 0.25) is 0 Å². The lowest BCUT2D eigenvalue weighted by atomic mass is 10.2. The molecule has 1 aromatic heterocycles. The number of hydrogen-bond acceptors (Lipinski definition) is 3. The molecule has 0 saturated heterocycles. The van der Waals surface area contributed by atoms with Gasteiger partial charge in [-0.1, -0.05) is 18.2 Å². The largest absolute Gasteiger partial charge is 0.356 e. The van der Waals surface area contributed by atoms with Crippen LogP contribution in [-0.4, -0.2) is 49.6 Å². The number of nitrogens with zero attached hydrogens (tertiary/aromatic N) is 2. The van der Waals surface area contributed by atoms with E-state index in [1.54, 1.807) is 27.8 Å². The number of para-hydroxylation sites is 1. The van der Waals surface area contributed by atoms with Crippen molar-refractivity contribution in [2.45, 2.75) is 38.5 Å². The molecule has 0 aliphatic rings. The molecular weight excluding hydrogens is 348 g/mol. The molecule has 0 aliphatic heterocycles. The summed E-state index contributed by atoms with van der Waals surface area (Å²) < 4.78 is 25.7. The zero-order valence-corrected chi connectivity index (χ0v) is 16.9. The quantitative estimate of drug-likeness (QED) is 0.441. The monoisotopic (exact) mass is 378 g/mol. The topological polar surface area (TPSA) is 75.5 Å². The van der Waals surface area contributed by atoms with E-state index in [-0.39, 0.29) is 5.75 Å². The Labute approximate surface area is 156 Å². The third kappa shape index (κ3) is 5.24. The minimum Gasteiger partial charge on any atom is -0.356 e. The molecule has 2 rings (SSSR count). The lowest BCUT2D eigenvalue weighted by Crippen LogP contribution is -2.42. The number of guanidine groups is 1. The van der Waals surface area contributed by atoms with Crippen molar-refractivity contribution in [2.24, 2.45) is 4.99 Å². The van der Waals surface area contributed by atoms with Gasteiger partial charge in [0.2, 0.25) is 0 Å². The first-order valence-corrected chi connectivity index (χ1v) is 10.6. The van der Waals surface area contributed by atoms with Crippen molar-refractivity contribution in [1.29, 1.82) is 0 Å². The molecule has 0 fully saturated rings. The van der Waals surface area contributed by atoms with Gasteiger partial charge in [0.1, 0.15) is 0 Å². The van der Waals surface area contributed by atoms with Crippen LogP contribution in [0.25, 0.3) is 10.9 Å². The van der Waals surface area contributed by atoms with Gasteiger partial charge in [0.15, 0.2) is 15.8 Å². The maximum atomic E-state index is 12.1. The third-order valence-electron chi connectivity index (χ3n) is 4.37. The fraction of sp³-hybridized carbons (Fsp3) is 0.526. The van der Waals surface area contributed by atoms with Crippen molar-refractivity contribution >= 4 is 26.7 Å². The van der Waals surface area contributed by atoms with E-state index in [0.29, 0.717) is 12.5 Å². The molecule has 0 amide bonds. The Morgan fingerprint density at radius 1 is 1.12 bits per heavy atom. The standard InChI is InChI=1S/C19H30N4O2S/c1-19(2,3)26(24,25)15-12-22-18(20-4)21-11-7-13-23-14-10-16-8-5-6-9-17(16)23/h5-6,8-10,14H,7,11-13,15H2,1-4H3,(H2,20,21,22). The number of nitrogens with one attached hydrogen (secondary N) is 2. The highest BCUT2D eigenvalue weighted by molar-refractivity contribution is 7.92. The Kier molecular flexibility index (Phi) is 6.69. The molecule has 1 heterocycles. The lowest BCUT2D eigenvalue weighted by molar-refractivity contribution is 0.559. The molecule has 144 valence electrons. The van der Waals surface area contributed by atoms with Gasteiger partial charge in [-0.3, -0.25) is 4.99 Å².